The summed E-state index contributed by atoms with van der Waals surface area (Å²) < 4.78 is 47.0. The van der Waals surface area contributed by atoms with Gasteiger partial charge in [-0.3, -0.25) is 13.9 Å². The van der Waals surface area contributed by atoms with E-state index in [1.54, 1.807) is 21.2 Å². The van der Waals surface area contributed by atoms with Crippen molar-refractivity contribution >= 4 is 16.9 Å². The summed E-state index contributed by atoms with van der Waals surface area (Å²) >= 11 is 0. The Morgan fingerprint density at radius 1 is 0.921 bits per heavy atom. The quantitative estimate of drug-likeness (QED) is 0.214. The number of halogens is 3. The maximum atomic E-state index is 14.5. The molecule has 38 heavy (non-hydrogen) atoms. The highest BCUT2D eigenvalue weighted by Crippen LogP contribution is 2.37. The number of benzene rings is 2. The third-order valence-electron chi connectivity index (χ3n) is 6.95. The first-order valence-corrected chi connectivity index (χ1v) is 13.0. The number of unbranched alkanes of at least 4 members (excludes halogenated alkanes) is 1. The van der Waals surface area contributed by atoms with Crippen molar-refractivity contribution in [2.75, 3.05) is 6.54 Å². The van der Waals surface area contributed by atoms with Crippen molar-refractivity contribution in [3.05, 3.63) is 94.4 Å². The fraction of sp³-hybridized carbons (Fsp3) is 0.333. The summed E-state index contributed by atoms with van der Waals surface area (Å²) in [5.41, 5.74) is 5.37. The predicted molar refractivity (Wildman–Crippen MR) is 144 cm³/mol. The lowest BCUT2D eigenvalue weighted by molar-refractivity contribution is -0.141. The molecule has 3 heterocycles. The Hall–Kier alpha value is -3.65. The largest absolute Gasteiger partial charge is 0.435 e. The van der Waals surface area contributed by atoms with Gasteiger partial charge in [0.25, 0.3) is 0 Å². The maximum absolute atomic E-state index is 14.5. The summed E-state index contributed by atoms with van der Waals surface area (Å²) in [6.45, 7) is 9.40. The van der Waals surface area contributed by atoms with Gasteiger partial charge in [-0.15, -0.1) is 0 Å². The lowest BCUT2D eigenvalue weighted by Crippen LogP contribution is -2.26. The molecule has 0 unspecified atom stereocenters. The first-order valence-electron chi connectivity index (χ1n) is 13.0. The zero-order valence-corrected chi connectivity index (χ0v) is 22.2. The van der Waals surface area contributed by atoms with E-state index in [-0.39, 0.29) is 18.0 Å². The number of alkyl halides is 3. The minimum atomic E-state index is -4.60. The van der Waals surface area contributed by atoms with Crippen molar-refractivity contribution < 1.29 is 13.2 Å². The maximum Gasteiger partial charge on any atom is 0.435 e. The van der Waals surface area contributed by atoms with Crippen LogP contribution in [0, 0.1) is 20.8 Å². The van der Waals surface area contributed by atoms with Gasteiger partial charge in [0, 0.05) is 19.3 Å². The van der Waals surface area contributed by atoms with Gasteiger partial charge in [0.2, 0.25) is 5.78 Å². The van der Waals surface area contributed by atoms with Crippen molar-refractivity contribution in [2.45, 2.75) is 59.8 Å². The first kappa shape index (κ1) is 26.0. The van der Waals surface area contributed by atoms with E-state index in [4.69, 9.17) is 0 Å². The molecule has 0 radical (unpaired) electrons. The molecule has 0 aliphatic rings. The van der Waals surface area contributed by atoms with Crippen molar-refractivity contribution in [3.63, 3.8) is 0 Å². The van der Waals surface area contributed by atoms with Crippen LogP contribution in [0.4, 0.5) is 13.2 Å². The Morgan fingerprint density at radius 3 is 2.29 bits per heavy atom. The molecule has 0 amide bonds. The summed E-state index contributed by atoms with van der Waals surface area (Å²) in [4.78, 5) is 11.0. The molecule has 3 aromatic heterocycles. The summed E-state index contributed by atoms with van der Waals surface area (Å²) in [5, 5.41) is 0. The molecule has 5 aromatic rings. The van der Waals surface area contributed by atoms with E-state index in [1.807, 2.05) is 69.3 Å². The number of aromatic nitrogens is 4. The molecule has 5 nitrogen and oxygen atoms in total. The van der Waals surface area contributed by atoms with E-state index in [1.165, 1.54) is 0 Å². The van der Waals surface area contributed by atoms with Gasteiger partial charge >= 0.3 is 6.18 Å². The molecule has 8 heteroatoms. The van der Waals surface area contributed by atoms with Crippen molar-refractivity contribution in [1.29, 1.82) is 0 Å². The molecule has 0 aliphatic heterocycles. The number of pyridine rings is 1. The van der Waals surface area contributed by atoms with Crippen LogP contribution in [-0.4, -0.2) is 30.4 Å². The number of nitrogens with zero attached hydrogens (tertiary/aromatic N) is 5. The second-order valence-corrected chi connectivity index (χ2v) is 10.0. The molecule has 5 rings (SSSR count). The highest BCUT2D eigenvalue weighted by molar-refractivity contribution is 5.81. The van der Waals surface area contributed by atoms with Crippen molar-refractivity contribution in [3.8, 4) is 5.69 Å². The third-order valence-corrected chi connectivity index (χ3v) is 6.95. The SMILES string of the molecule is CCCCN(Cc1ccccc1)Cc1c(C(F)(F)F)nc2n(-c3c(C)cc(C)cc3C)c3ncccc3n12. The Bertz CT molecular complexity index is 1560. The van der Waals surface area contributed by atoms with Gasteiger partial charge in [0.15, 0.2) is 11.3 Å². The molecule has 0 spiro atoms. The van der Waals surface area contributed by atoms with E-state index in [0.29, 0.717) is 24.3 Å². The standard InChI is InChI=1S/C30H32F3N5/c1-5-6-15-36(18-23-11-8-7-9-12-23)19-25-27(30(31,32)33)35-29-37(25)24-13-10-14-34-28(24)38(29)26-21(3)16-20(2)17-22(26)4/h7-14,16-17H,5-6,15,18-19H2,1-4H3. The van der Waals surface area contributed by atoms with Crippen LogP contribution >= 0.6 is 0 Å². The van der Waals surface area contributed by atoms with Crippen LogP contribution in [0.1, 0.15) is 53.4 Å². The Kier molecular flexibility index (Phi) is 7.01. The summed E-state index contributed by atoms with van der Waals surface area (Å²) in [6, 6.07) is 17.5. The molecule has 198 valence electrons. The minimum Gasteiger partial charge on any atom is -0.293 e. The van der Waals surface area contributed by atoms with Crippen molar-refractivity contribution in [1.82, 2.24) is 23.8 Å². The highest BCUT2D eigenvalue weighted by Gasteiger charge is 2.40. The number of hydrogen-bond donors (Lipinski definition) is 0. The monoisotopic (exact) mass is 519 g/mol. The minimum absolute atomic E-state index is 0.116. The van der Waals surface area contributed by atoms with E-state index < -0.39 is 11.9 Å². The van der Waals surface area contributed by atoms with Crippen molar-refractivity contribution in [2.24, 2.45) is 0 Å². The fourth-order valence-electron chi connectivity index (χ4n) is 5.43. The molecule has 0 atom stereocenters. The van der Waals surface area contributed by atoms with E-state index >= 15 is 0 Å². The van der Waals surface area contributed by atoms with Gasteiger partial charge in [-0.05, 0) is 62.6 Å². The second kappa shape index (κ2) is 10.3. The fourth-order valence-corrected chi connectivity index (χ4v) is 5.43. The van der Waals surface area contributed by atoms with Crippen LogP contribution in [0.2, 0.25) is 0 Å². The first-order chi connectivity index (χ1) is 18.2. The van der Waals surface area contributed by atoms with Crippen LogP contribution in [-0.2, 0) is 19.3 Å². The number of imidazole rings is 2. The zero-order valence-electron chi connectivity index (χ0n) is 22.2. The molecule has 0 bridgehead atoms. The van der Waals surface area contributed by atoms with Crippen LogP contribution in [0.5, 0.6) is 0 Å². The average Bonchev–Trinajstić information content (AvgIpc) is 3.38. The second-order valence-electron chi connectivity index (χ2n) is 10.0. The number of rotatable bonds is 8. The predicted octanol–water partition coefficient (Wildman–Crippen LogP) is 7.42. The van der Waals surface area contributed by atoms with Gasteiger partial charge in [-0.1, -0.05) is 61.4 Å². The van der Waals surface area contributed by atoms with E-state index in [2.05, 4.69) is 21.8 Å². The van der Waals surface area contributed by atoms with Crippen LogP contribution < -0.4 is 0 Å². The highest BCUT2D eigenvalue weighted by atomic mass is 19.4. The topological polar surface area (TPSA) is 38.4 Å². The smallest absolute Gasteiger partial charge is 0.293 e. The van der Waals surface area contributed by atoms with Gasteiger partial charge in [0.05, 0.1) is 16.9 Å². The average molecular weight is 520 g/mol. The number of aryl methyl sites for hydroxylation is 3. The van der Waals surface area contributed by atoms with Crippen LogP contribution in [0.3, 0.4) is 0 Å². The molecule has 0 fully saturated rings. The van der Waals surface area contributed by atoms with Crippen LogP contribution in [0.25, 0.3) is 22.6 Å². The van der Waals surface area contributed by atoms with Gasteiger partial charge in [-0.25, -0.2) is 9.97 Å². The molecule has 0 N–H and O–H groups in total. The number of hydrogen-bond acceptors (Lipinski definition) is 3. The lowest BCUT2D eigenvalue weighted by atomic mass is 10.1. The molecule has 0 saturated heterocycles. The Labute approximate surface area is 220 Å². The van der Waals surface area contributed by atoms with Gasteiger partial charge < -0.3 is 0 Å². The normalized spacial score (nSPS) is 12.3. The number of fused-ring (bicyclic) bond motifs is 3. The van der Waals surface area contributed by atoms with E-state index in [9.17, 15) is 13.2 Å². The Morgan fingerprint density at radius 2 is 1.63 bits per heavy atom. The summed E-state index contributed by atoms with van der Waals surface area (Å²) in [5.74, 6) is 0.228. The van der Waals surface area contributed by atoms with Gasteiger partial charge in [-0.2, -0.15) is 13.2 Å². The van der Waals surface area contributed by atoms with Crippen LogP contribution in [0.15, 0.2) is 60.8 Å². The van der Waals surface area contributed by atoms with Gasteiger partial charge in [0.1, 0.15) is 0 Å². The van der Waals surface area contributed by atoms with E-state index in [0.717, 1.165) is 40.8 Å². The third kappa shape index (κ3) is 4.80. The molecular formula is C30H32F3N5. The summed E-state index contributed by atoms with van der Waals surface area (Å²) in [6.07, 6.45) is -1.08. The molecule has 2 aromatic carbocycles. The molecular weight excluding hydrogens is 487 g/mol. The summed E-state index contributed by atoms with van der Waals surface area (Å²) in [7, 11) is 0. The Balaban J connectivity index is 1.75. The molecule has 0 saturated carbocycles. The molecule has 0 aliphatic carbocycles. The lowest BCUT2D eigenvalue weighted by Gasteiger charge is -2.23. The zero-order chi connectivity index (χ0) is 27.0.